The van der Waals surface area contributed by atoms with Crippen LogP contribution in [0.1, 0.15) is 23.6 Å². The monoisotopic (exact) mass is 342 g/mol. The molecule has 2 aromatic carbocycles. The molecule has 0 heterocycles. The first kappa shape index (κ1) is 18.4. The van der Waals surface area contributed by atoms with Gasteiger partial charge in [0.25, 0.3) is 0 Å². The van der Waals surface area contributed by atoms with Crippen LogP contribution in [-0.4, -0.2) is 19.0 Å². The Balaban J connectivity index is 1.95. The van der Waals surface area contributed by atoms with E-state index in [9.17, 15) is 8.78 Å². The molecule has 2 rings (SSSR count). The van der Waals surface area contributed by atoms with Crippen LogP contribution in [0.2, 0.25) is 0 Å². The molecule has 0 fully saturated rings. The zero-order valence-corrected chi connectivity index (χ0v) is 14.0. The number of nitrogens with zero attached hydrogens (tertiary/aromatic N) is 2. The normalized spacial score (nSPS) is 11.0. The van der Waals surface area contributed by atoms with E-state index in [0.29, 0.717) is 43.1 Å². The molecule has 0 saturated heterocycles. The van der Waals surface area contributed by atoms with Crippen LogP contribution in [0.3, 0.4) is 0 Å². The molecule has 0 aliphatic carbocycles. The summed E-state index contributed by atoms with van der Waals surface area (Å²) in [4.78, 5) is 4.45. The van der Waals surface area contributed by atoms with E-state index >= 15 is 0 Å². The number of hydrogen-bond donors (Lipinski definition) is 2. The lowest BCUT2D eigenvalue weighted by Gasteiger charge is -2.11. The highest BCUT2D eigenvalue weighted by Gasteiger charge is 2.04. The molecule has 0 spiro atoms. The molecular weight excluding hydrogens is 322 g/mol. The van der Waals surface area contributed by atoms with Gasteiger partial charge in [-0.05, 0) is 54.8 Å². The van der Waals surface area contributed by atoms with Crippen LogP contribution >= 0.6 is 0 Å². The third kappa shape index (κ3) is 5.88. The fraction of sp³-hybridized carbons (Fsp3) is 0.263. The van der Waals surface area contributed by atoms with Gasteiger partial charge in [-0.3, -0.25) is 0 Å². The van der Waals surface area contributed by atoms with E-state index in [1.54, 1.807) is 12.1 Å². The van der Waals surface area contributed by atoms with Gasteiger partial charge in [-0.25, -0.2) is 13.8 Å². The summed E-state index contributed by atoms with van der Waals surface area (Å²) >= 11 is 0. The maximum Gasteiger partial charge on any atom is 0.191 e. The van der Waals surface area contributed by atoms with Gasteiger partial charge in [-0.1, -0.05) is 12.1 Å². The average Bonchev–Trinajstić information content (AvgIpc) is 2.62. The Morgan fingerprint density at radius 1 is 1.16 bits per heavy atom. The predicted octanol–water partition coefficient (Wildman–Crippen LogP) is 3.13. The lowest BCUT2D eigenvalue weighted by molar-refractivity contribution is 0.583. The third-order valence-corrected chi connectivity index (χ3v) is 3.51. The van der Waals surface area contributed by atoms with Crippen molar-refractivity contribution in [1.29, 1.82) is 5.26 Å². The Hall–Kier alpha value is -2.94. The minimum atomic E-state index is -0.450. The number of aliphatic imine (C=N–C) groups is 1. The largest absolute Gasteiger partial charge is 0.357 e. The molecule has 6 heteroatoms. The van der Waals surface area contributed by atoms with Crippen molar-refractivity contribution in [2.75, 3.05) is 13.1 Å². The molecule has 25 heavy (non-hydrogen) atoms. The van der Waals surface area contributed by atoms with Crippen molar-refractivity contribution in [2.24, 2.45) is 4.99 Å². The fourth-order valence-corrected chi connectivity index (χ4v) is 2.30. The van der Waals surface area contributed by atoms with Crippen LogP contribution < -0.4 is 10.6 Å². The summed E-state index contributed by atoms with van der Waals surface area (Å²) in [5.74, 6) is -0.283. The zero-order valence-electron chi connectivity index (χ0n) is 14.0. The Bertz CT molecular complexity index is 781. The summed E-state index contributed by atoms with van der Waals surface area (Å²) in [5.41, 5.74) is 1.84. The Morgan fingerprint density at radius 2 is 2.00 bits per heavy atom. The molecule has 0 unspecified atom stereocenters. The topological polar surface area (TPSA) is 60.2 Å². The molecule has 0 atom stereocenters. The third-order valence-electron chi connectivity index (χ3n) is 3.51. The molecule has 0 amide bonds. The summed E-state index contributed by atoms with van der Waals surface area (Å²) < 4.78 is 26.8. The van der Waals surface area contributed by atoms with Crippen molar-refractivity contribution in [3.63, 3.8) is 0 Å². The highest BCUT2D eigenvalue weighted by molar-refractivity contribution is 5.79. The van der Waals surface area contributed by atoms with Gasteiger partial charge < -0.3 is 10.6 Å². The van der Waals surface area contributed by atoms with Crippen molar-refractivity contribution in [3.05, 3.63) is 70.8 Å². The van der Waals surface area contributed by atoms with Crippen LogP contribution in [0.25, 0.3) is 0 Å². The molecule has 0 radical (unpaired) electrons. The molecule has 0 aromatic heterocycles. The molecule has 2 aromatic rings. The maximum atomic E-state index is 13.6. The van der Waals surface area contributed by atoms with E-state index in [2.05, 4.69) is 21.7 Å². The molecule has 4 nitrogen and oxygen atoms in total. The van der Waals surface area contributed by atoms with Crippen molar-refractivity contribution in [3.8, 4) is 6.07 Å². The number of halogens is 2. The van der Waals surface area contributed by atoms with E-state index in [1.807, 2.05) is 19.1 Å². The van der Waals surface area contributed by atoms with Gasteiger partial charge >= 0.3 is 0 Å². The maximum absolute atomic E-state index is 13.6. The van der Waals surface area contributed by atoms with Crippen molar-refractivity contribution in [1.82, 2.24) is 10.6 Å². The van der Waals surface area contributed by atoms with E-state index in [1.165, 1.54) is 6.07 Å². The molecule has 130 valence electrons. The quantitative estimate of drug-likeness (QED) is 0.626. The summed E-state index contributed by atoms with van der Waals surface area (Å²) in [7, 11) is 0. The lowest BCUT2D eigenvalue weighted by atomic mass is 10.1. The second-order valence-electron chi connectivity index (χ2n) is 5.42. The minimum Gasteiger partial charge on any atom is -0.357 e. The van der Waals surface area contributed by atoms with Gasteiger partial charge in [-0.15, -0.1) is 0 Å². The Kier molecular flexibility index (Phi) is 6.90. The molecule has 0 aliphatic heterocycles. The fourth-order valence-electron chi connectivity index (χ4n) is 2.30. The summed E-state index contributed by atoms with van der Waals surface area (Å²) in [6, 6.07) is 12.8. The predicted molar refractivity (Wildman–Crippen MR) is 94.0 cm³/mol. The van der Waals surface area contributed by atoms with E-state index in [4.69, 9.17) is 5.26 Å². The Morgan fingerprint density at radius 3 is 2.76 bits per heavy atom. The number of benzene rings is 2. The van der Waals surface area contributed by atoms with E-state index in [-0.39, 0.29) is 0 Å². The molecule has 0 bridgehead atoms. The number of hydrogen-bond acceptors (Lipinski definition) is 2. The minimum absolute atomic E-state index is 0.324. The van der Waals surface area contributed by atoms with Gasteiger partial charge in [0.15, 0.2) is 5.96 Å². The zero-order chi connectivity index (χ0) is 18.1. The molecule has 0 aliphatic rings. The van der Waals surface area contributed by atoms with Crippen LogP contribution in [0.15, 0.2) is 47.5 Å². The highest BCUT2D eigenvalue weighted by Crippen LogP contribution is 2.10. The highest BCUT2D eigenvalue weighted by atomic mass is 19.1. The van der Waals surface area contributed by atoms with Crippen LogP contribution in [-0.2, 0) is 13.0 Å². The van der Waals surface area contributed by atoms with Crippen LogP contribution in [0.4, 0.5) is 8.78 Å². The number of nitriles is 1. The summed E-state index contributed by atoms with van der Waals surface area (Å²) in [6.07, 6.45) is 0.345. The molecular formula is C19H20F2N4. The smallest absolute Gasteiger partial charge is 0.191 e. The first-order valence-corrected chi connectivity index (χ1v) is 8.07. The van der Waals surface area contributed by atoms with Gasteiger partial charge in [-0.2, -0.15) is 5.26 Å². The molecule has 0 saturated carbocycles. The number of nitrogens with one attached hydrogen (secondary N) is 2. The SMILES string of the molecule is CCNC(=NCc1cccc(C#N)c1)NCCc1cc(F)ccc1F. The van der Waals surface area contributed by atoms with Crippen molar-refractivity contribution < 1.29 is 8.78 Å². The lowest BCUT2D eigenvalue weighted by Crippen LogP contribution is -2.38. The van der Waals surface area contributed by atoms with Gasteiger partial charge in [0, 0.05) is 13.1 Å². The van der Waals surface area contributed by atoms with Crippen LogP contribution in [0, 0.1) is 23.0 Å². The van der Waals surface area contributed by atoms with Gasteiger partial charge in [0.1, 0.15) is 11.6 Å². The van der Waals surface area contributed by atoms with Crippen molar-refractivity contribution >= 4 is 5.96 Å². The van der Waals surface area contributed by atoms with Crippen LogP contribution in [0.5, 0.6) is 0 Å². The van der Waals surface area contributed by atoms with E-state index in [0.717, 1.165) is 17.7 Å². The summed E-state index contributed by atoms with van der Waals surface area (Å²) in [6.45, 7) is 3.46. The summed E-state index contributed by atoms with van der Waals surface area (Å²) in [5, 5.41) is 15.1. The standard InChI is InChI=1S/C19H20F2N4/c1-2-23-19(25-13-15-5-3-4-14(10-15)12-22)24-9-8-16-11-17(20)6-7-18(16)21/h3-7,10-11H,2,8-9,13H2,1H3,(H2,23,24,25). The second kappa shape index (κ2) is 9.38. The number of rotatable bonds is 6. The van der Waals surface area contributed by atoms with E-state index < -0.39 is 11.6 Å². The molecule has 2 N–H and O–H groups in total. The van der Waals surface area contributed by atoms with Gasteiger partial charge in [0.2, 0.25) is 0 Å². The average molecular weight is 342 g/mol. The Labute approximate surface area is 146 Å². The first-order valence-electron chi connectivity index (χ1n) is 8.07. The van der Waals surface area contributed by atoms with Crippen molar-refractivity contribution in [2.45, 2.75) is 19.9 Å². The number of guanidine groups is 1. The first-order chi connectivity index (χ1) is 12.1. The second-order valence-corrected chi connectivity index (χ2v) is 5.42. The van der Waals surface area contributed by atoms with Gasteiger partial charge in [0.05, 0.1) is 18.2 Å².